The Labute approximate surface area is 308 Å². The van der Waals surface area contributed by atoms with Crippen molar-refractivity contribution >= 4 is 52.7 Å². The van der Waals surface area contributed by atoms with Gasteiger partial charge in [0.2, 0.25) is 11.8 Å². The fourth-order valence-corrected chi connectivity index (χ4v) is 6.00. The second-order valence-corrected chi connectivity index (χ2v) is 16.1. The van der Waals surface area contributed by atoms with Gasteiger partial charge < -0.3 is 32.9 Å². The van der Waals surface area contributed by atoms with Crippen LogP contribution in [-0.2, 0) is 38.4 Å². The predicted octanol–water partition coefficient (Wildman–Crippen LogP) is 2.24. The number of hydrogen-bond acceptors (Lipinski definition) is 10. The summed E-state index contributed by atoms with van der Waals surface area (Å²) in [5.41, 5.74) is 14.1. The van der Waals surface area contributed by atoms with Crippen LogP contribution in [0.4, 0.5) is 0 Å². The van der Waals surface area contributed by atoms with E-state index in [0.717, 1.165) is 0 Å². The minimum absolute atomic E-state index is 0.0385. The van der Waals surface area contributed by atoms with Crippen LogP contribution in [0.25, 0.3) is 0 Å². The first-order valence-electron chi connectivity index (χ1n) is 18.0. The second-order valence-electron chi connectivity index (χ2n) is 16.1. The molecule has 2 amide bonds. The van der Waals surface area contributed by atoms with Gasteiger partial charge in [-0.15, -0.1) is 0 Å². The number of carbonyl (C=O) groups is 8. The molecule has 0 aliphatic carbocycles. The third-order valence-corrected chi connectivity index (χ3v) is 9.04. The third kappa shape index (κ3) is 18.0. The normalized spacial score (nSPS) is 14.8. The van der Waals surface area contributed by atoms with Gasteiger partial charge in [0.1, 0.15) is 23.1 Å². The summed E-state index contributed by atoms with van der Waals surface area (Å²) in [6.45, 7) is 17.1. The molecule has 15 heteroatoms. The van der Waals surface area contributed by atoms with Crippen molar-refractivity contribution in [3.8, 4) is 0 Å². The van der Waals surface area contributed by atoms with Gasteiger partial charge in [-0.25, -0.2) is 0 Å². The lowest BCUT2D eigenvalue weighted by Crippen LogP contribution is -2.52. The summed E-state index contributed by atoms with van der Waals surface area (Å²) in [6.07, 6.45) is -1.93. The lowest BCUT2D eigenvalue weighted by atomic mass is 9.72. The van der Waals surface area contributed by atoms with E-state index in [0.29, 0.717) is 0 Å². The number of aliphatic imine (C=N–C) groups is 1. The Kier molecular flexibility index (Phi) is 19.8. The van der Waals surface area contributed by atoms with Gasteiger partial charge in [-0.05, 0) is 39.0 Å². The number of guanidine groups is 1. The average Bonchev–Trinajstić information content (AvgIpc) is 2.97. The summed E-state index contributed by atoms with van der Waals surface area (Å²) in [5.74, 6) is -9.60. The summed E-state index contributed by atoms with van der Waals surface area (Å²) in [5, 5.41) is 15.1. The van der Waals surface area contributed by atoms with Gasteiger partial charge in [0.25, 0.3) is 0 Å². The lowest BCUT2D eigenvalue weighted by Gasteiger charge is -2.31. The van der Waals surface area contributed by atoms with Crippen molar-refractivity contribution in [2.75, 3.05) is 6.54 Å². The van der Waals surface area contributed by atoms with Crippen molar-refractivity contribution in [1.29, 1.82) is 0 Å². The molecule has 0 fully saturated rings. The number of rotatable bonds is 26. The highest BCUT2D eigenvalue weighted by atomic mass is 16.4. The Morgan fingerprint density at radius 3 is 1.71 bits per heavy atom. The molecule has 5 atom stereocenters. The molecule has 0 aromatic heterocycles. The number of carboxylic acids is 1. The number of amides is 2. The van der Waals surface area contributed by atoms with Crippen LogP contribution in [0, 0.1) is 35.0 Å². The highest BCUT2D eigenvalue weighted by Gasteiger charge is 2.39. The Morgan fingerprint density at radius 2 is 1.25 bits per heavy atom. The molecule has 9 N–H and O–H groups in total. The SMILES string of the molecule is CC(C)N[C@H](C)C(=O)C[C@@H](C(=O)C[C@H](CC(N)=O)C(=O)C[C@H](CCCN=C(N)N)C(=O)NC(C)(C)C(=O)C[C@@H](CC(=O)O)C(=O)C(C)C)C(C)(C)C. The maximum atomic E-state index is 13.8. The van der Waals surface area contributed by atoms with Crippen molar-refractivity contribution < 1.29 is 43.5 Å². The minimum atomic E-state index is -1.55. The van der Waals surface area contributed by atoms with Gasteiger partial charge in [0, 0.05) is 74.3 Å². The van der Waals surface area contributed by atoms with Crippen LogP contribution in [0.1, 0.15) is 121 Å². The molecule has 0 unspecified atom stereocenters. The van der Waals surface area contributed by atoms with Gasteiger partial charge in [-0.3, -0.25) is 43.3 Å². The van der Waals surface area contributed by atoms with Crippen LogP contribution in [0.5, 0.6) is 0 Å². The molecule has 0 aromatic rings. The molecule has 0 rings (SSSR count). The van der Waals surface area contributed by atoms with E-state index in [2.05, 4.69) is 15.6 Å². The highest BCUT2D eigenvalue weighted by Crippen LogP contribution is 2.33. The Morgan fingerprint density at radius 1 is 0.692 bits per heavy atom. The first kappa shape index (κ1) is 48.0. The molecule has 0 aliphatic heterocycles. The number of primary amides is 1. The second kappa shape index (κ2) is 21.5. The summed E-state index contributed by atoms with van der Waals surface area (Å²) >= 11 is 0. The molecular formula is C37H64N6O9. The maximum absolute atomic E-state index is 13.8. The molecule has 52 heavy (non-hydrogen) atoms. The van der Waals surface area contributed by atoms with Gasteiger partial charge in [-0.2, -0.15) is 0 Å². The number of nitrogens with one attached hydrogen (secondary N) is 2. The van der Waals surface area contributed by atoms with Crippen molar-refractivity contribution in [1.82, 2.24) is 10.6 Å². The molecule has 0 saturated heterocycles. The van der Waals surface area contributed by atoms with Gasteiger partial charge >= 0.3 is 5.97 Å². The van der Waals surface area contributed by atoms with Crippen molar-refractivity contribution in [2.24, 2.45) is 57.2 Å². The number of Topliss-reactive ketones (excluding diaryl/α,β-unsaturated/α-hetero) is 5. The van der Waals surface area contributed by atoms with Crippen LogP contribution in [0.3, 0.4) is 0 Å². The molecule has 0 aromatic carbocycles. The standard InChI is InChI=1S/C37H64N6O9/c1-20(2)33(51)25(18-32(49)50)16-30(47)37(9,10)43-34(52)23(12-11-13-41-35(39)40)14-28(45)24(17-31(38)48)15-29(46)26(36(6,7)8)19-27(44)22(5)42-21(3)4/h20-26,42H,11-19H2,1-10H3,(H2,38,48)(H,43,52)(H,49,50)(H4,39,40,41)/t22-,23+,24-,25+,26+/m1/s1. The van der Waals surface area contributed by atoms with Crippen LogP contribution in [0.15, 0.2) is 4.99 Å². The van der Waals surface area contributed by atoms with E-state index in [1.54, 1.807) is 20.8 Å². The number of hydrogen-bond donors (Lipinski definition) is 6. The van der Waals surface area contributed by atoms with E-state index in [4.69, 9.17) is 17.2 Å². The fraction of sp³-hybridized carbons (Fsp3) is 0.757. The summed E-state index contributed by atoms with van der Waals surface area (Å²) in [4.78, 5) is 108. The minimum Gasteiger partial charge on any atom is -0.481 e. The molecule has 0 bridgehead atoms. The largest absolute Gasteiger partial charge is 0.481 e. The van der Waals surface area contributed by atoms with E-state index in [1.165, 1.54) is 13.8 Å². The smallest absolute Gasteiger partial charge is 0.304 e. The molecular weight excluding hydrogens is 672 g/mol. The van der Waals surface area contributed by atoms with E-state index in [-0.39, 0.29) is 55.8 Å². The molecule has 0 saturated carbocycles. The quantitative estimate of drug-likeness (QED) is 0.0424. The zero-order chi connectivity index (χ0) is 40.7. The average molecular weight is 737 g/mol. The number of nitrogens with zero attached hydrogens (tertiary/aromatic N) is 1. The number of ketones is 5. The van der Waals surface area contributed by atoms with E-state index < -0.39 is 107 Å². The molecule has 296 valence electrons. The molecule has 0 spiro atoms. The number of carboxylic acid groups (broad SMARTS) is 1. The van der Waals surface area contributed by atoms with Crippen LogP contribution < -0.4 is 27.8 Å². The molecule has 0 aliphatic rings. The summed E-state index contributed by atoms with van der Waals surface area (Å²) < 4.78 is 0. The third-order valence-electron chi connectivity index (χ3n) is 9.04. The van der Waals surface area contributed by atoms with Crippen molar-refractivity contribution in [3.05, 3.63) is 0 Å². The fourth-order valence-electron chi connectivity index (χ4n) is 6.00. The van der Waals surface area contributed by atoms with Crippen LogP contribution >= 0.6 is 0 Å². The zero-order valence-electron chi connectivity index (χ0n) is 32.8. The lowest BCUT2D eigenvalue weighted by molar-refractivity contribution is -0.143. The van der Waals surface area contributed by atoms with Gasteiger partial charge in [-0.1, -0.05) is 48.5 Å². The molecule has 0 heterocycles. The van der Waals surface area contributed by atoms with Gasteiger partial charge in [0.05, 0.1) is 18.0 Å². The Bertz CT molecular complexity index is 1330. The Hall–Kier alpha value is -4.01. The van der Waals surface area contributed by atoms with E-state index in [9.17, 15) is 43.5 Å². The topological polar surface area (TPSA) is 271 Å². The van der Waals surface area contributed by atoms with Crippen molar-refractivity contribution in [2.45, 2.75) is 138 Å². The van der Waals surface area contributed by atoms with E-state index in [1.807, 2.05) is 34.6 Å². The Balaban J connectivity index is 6.33. The zero-order valence-corrected chi connectivity index (χ0v) is 32.8. The van der Waals surface area contributed by atoms with Crippen molar-refractivity contribution in [3.63, 3.8) is 0 Å². The number of carbonyl (C=O) groups excluding carboxylic acids is 7. The number of aliphatic carboxylic acids is 1. The summed E-state index contributed by atoms with van der Waals surface area (Å²) in [7, 11) is 0. The molecule has 0 radical (unpaired) electrons. The maximum Gasteiger partial charge on any atom is 0.304 e. The summed E-state index contributed by atoms with van der Waals surface area (Å²) in [6, 6.07) is -0.467. The highest BCUT2D eigenvalue weighted by molar-refractivity contribution is 5.99. The first-order valence-corrected chi connectivity index (χ1v) is 18.0. The van der Waals surface area contributed by atoms with Crippen LogP contribution in [-0.4, -0.2) is 81.9 Å². The predicted molar refractivity (Wildman–Crippen MR) is 198 cm³/mol. The van der Waals surface area contributed by atoms with Gasteiger partial charge in [0.15, 0.2) is 11.7 Å². The molecule has 15 nitrogen and oxygen atoms in total. The monoisotopic (exact) mass is 736 g/mol. The van der Waals surface area contributed by atoms with Crippen LogP contribution in [0.2, 0.25) is 0 Å². The first-order chi connectivity index (χ1) is 23.7. The van der Waals surface area contributed by atoms with E-state index >= 15 is 0 Å². The number of nitrogens with two attached hydrogens (primary N) is 3.